The van der Waals surface area contributed by atoms with Crippen LogP contribution >= 0.6 is 11.6 Å². The van der Waals surface area contributed by atoms with Crippen LogP contribution in [0.3, 0.4) is 0 Å². The van der Waals surface area contributed by atoms with Crippen LogP contribution in [-0.2, 0) is 0 Å². The Kier molecular flexibility index (Phi) is 6.45. The van der Waals surface area contributed by atoms with Gasteiger partial charge in [0.15, 0.2) is 0 Å². The molecule has 1 aromatic heterocycles. The molecule has 144 valence electrons. The molecule has 0 spiro atoms. The fraction of sp³-hybridized carbons (Fsp3) is 0.190. The zero-order chi connectivity index (χ0) is 19.9. The van der Waals surface area contributed by atoms with E-state index in [9.17, 15) is 4.79 Å². The van der Waals surface area contributed by atoms with Crippen LogP contribution in [-0.4, -0.2) is 29.0 Å². The second kappa shape index (κ2) is 9.19. The zero-order valence-corrected chi connectivity index (χ0v) is 16.6. The zero-order valence-electron chi connectivity index (χ0n) is 15.8. The van der Waals surface area contributed by atoms with Gasteiger partial charge in [0.25, 0.3) is 5.91 Å². The van der Waals surface area contributed by atoms with Gasteiger partial charge in [0.1, 0.15) is 11.5 Å². The van der Waals surface area contributed by atoms with Gasteiger partial charge in [0, 0.05) is 24.5 Å². The van der Waals surface area contributed by atoms with E-state index in [1.165, 1.54) is 12.4 Å². The molecule has 0 unspecified atom stereocenters. The summed E-state index contributed by atoms with van der Waals surface area (Å²) >= 11 is 6.12. The summed E-state index contributed by atoms with van der Waals surface area (Å²) in [5.74, 6) is 0.195. The Morgan fingerprint density at radius 3 is 2.32 bits per heavy atom. The monoisotopic (exact) mass is 395 g/mol. The van der Waals surface area contributed by atoms with Crippen LogP contribution in [0.25, 0.3) is 0 Å². The van der Waals surface area contributed by atoms with Crippen LogP contribution in [0.4, 0.5) is 22.9 Å². The van der Waals surface area contributed by atoms with Crippen molar-refractivity contribution in [2.75, 3.05) is 28.6 Å². The Bertz CT molecular complexity index is 924. The Hall–Kier alpha value is -3.12. The van der Waals surface area contributed by atoms with Crippen LogP contribution < -0.4 is 15.5 Å². The van der Waals surface area contributed by atoms with Crippen LogP contribution in [0.15, 0.2) is 60.9 Å². The van der Waals surface area contributed by atoms with Crippen LogP contribution in [0.5, 0.6) is 0 Å². The smallest absolute Gasteiger partial charge is 0.275 e. The minimum absolute atomic E-state index is 0.234. The minimum atomic E-state index is -0.313. The number of para-hydroxylation sites is 1. The number of anilines is 4. The van der Waals surface area contributed by atoms with Gasteiger partial charge in [-0.25, -0.2) is 9.97 Å². The van der Waals surface area contributed by atoms with Gasteiger partial charge in [-0.15, -0.1) is 0 Å². The minimum Gasteiger partial charge on any atom is -0.372 e. The first-order valence-electron chi connectivity index (χ1n) is 9.10. The first-order chi connectivity index (χ1) is 13.6. The van der Waals surface area contributed by atoms with Crippen molar-refractivity contribution in [1.29, 1.82) is 0 Å². The molecule has 2 aromatic carbocycles. The quantitative estimate of drug-likeness (QED) is 0.590. The summed E-state index contributed by atoms with van der Waals surface area (Å²) in [7, 11) is 0. The summed E-state index contributed by atoms with van der Waals surface area (Å²) in [4.78, 5) is 23.1. The number of nitrogens with one attached hydrogen (secondary N) is 2. The van der Waals surface area contributed by atoms with Crippen LogP contribution in [0.2, 0.25) is 5.02 Å². The largest absolute Gasteiger partial charge is 0.372 e. The Labute approximate surface area is 169 Å². The van der Waals surface area contributed by atoms with Crippen molar-refractivity contribution in [3.8, 4) is 0 Å². The van der Waals surface area contributed by atoms with Gasteiger partial charge < -0.3 is 15.5 Å². The van der Waals surface area contributed by atoms with Crippen molar-refractivity contribution in [2.24, 2.45) is 0 Å². The van der Waals surface area contributed by atoms with E-state index in [2.05, 4.69) is 39.3 Å². The van der Waals surface area contributed by atoms with E-state index in [1.807, 2.05) is 42.5 Å². The number of nitrogens with zero attached hydrogens (tertiary/aromatic N) is 3. The molecular weight excluding hydrogens is 374 g/mol. The lowest BCUT2D eigenvalue weighted by Gasteiger charge is -2.21. The molecule has 0 aliphatic heterocycles. The van der Waals surface area contributed by atoms with E-state index in [-0.39, 0.29) is 11.6 Å². The molecule has 0 aliphatic rings. The maximum Gasteiger partial charge on any atom is 0.275 e. The SMILES string of the molecule is CCN(CC)c1ccc(NC(=O)c2cnc(Nc3ccccc3Cl)cn2)cc1. The number of halogens is 1. The number of carbonyl (C=O) groups is 1. The maximum atomic E-state index is 12.4. The average molecular weight is 396 g/mol. The topological polar surface area (TPSA) is 70.2 Å². The van der Waals surface area contributed by atoms with Gasteiger partial charge >= 0.3 is 0 Å². The fourth-order valence-electron chi connectivity index (χ4n) is 2.75. The Morgan fingerprint density at radius 1 is 1.00 bits per heavy atom. The molecule has 0 atom stereocenters. The summed E-state index contributed by atoms with van der Waals surface area (Å²) in [5.41, 5.74) is 2.79. The molecule has 3 aromatic rings. The first kappa shape index (κ1) is 19.6. The Balaban J connectivity index is 1.64. The first-order valence-corrected chi connectivity index (χ1v) is 9.48. The molecule has 0 saturated carbocycles. The van der Waals surface area contributed by atoms with Crippen molar-refractivity contribution >= 4 is 40.4 Å². The third-order valence-electron chi connectivity index (χ3n) is 4.27. The number of benzene rings is 2. The summed E-state index contributed by atoms with van der Waals surface area (Å²) in [5, 5.41) is 6.49. The molecule has 28 heavy (non-hydrogen) atoms. The van der Waals surface area contributed by atoms with Crippen molar-refractivity contribution in [3.05, 3.63) is 71.6 Å². The summed E-state index contributed by atoms with van der Waals surface area (Å²) in [6.07, 6.45) is 2.93. The van der Waals surface area contributed by atoms with E-state index in [1.54, 1.807) is 6.07 Å². The van der Waals surface area contributed by atoms with Crippen molar-refractivity contribution < 1.29 is 4.79 Å². The van der Waals surface area contributed by atoms with Gasteiger partial charge in [-0.05, 0) is 50.2 Å². The third kappa shape index (κ3) is 4.78. The summed E-state index contributed by atoms with van der Waals surface area (Å²) in [6, 6.07) is 15.1. The van der Waals surface area contributed by atoms with Gasteiger partial charge in [-0.1, -0.05) is 23.7 Å². The number of rotatable bonds is 7. The molecule has 0 aliphatic carbocycles. The molecule has 6 nitrogen and oxygen atoms in total. The molecule has 0 fully saturated rings. The lowest BCUT2D eigenvalue weighted by molar-refractivity contribution is 0.102. The van der Waals surface area contributed by atoms with Crippen molar-refractivity contribution in [2.45, 2.75) is 13.8 Å². The molecule has 1 amide bonds. The van der Waals surface area contributed by atoms with Crippen LogP contribution in [0, 0.1) is 0 Å². The van der Waals surface area contributed by atoms with E-state index in [0.717, 1.165) is 24.5 Å². The molecule has 1 heterocycles. The van der Waals surface area contributed by atoms with Gasteiger partial charge in [-0.3, -0.25) is 4.79 Å². The average Bonchev–Trinajstić information content (AvgIpc) is 2.72. The number of amides is 1. The normalized spacial score (nSPS) is 10.4. The Morgan fingerprint density at radius 2 is 1.71 bits per heavy atom. The highest BCUT2D eigenvalue weighted by molar-refractivity contribution is 6.33. The highest BCUT2D eigenvalue weighted by atomic mass is 35.5. The van der Waals surface area contributed by atoms with E-state index < -0.39 is 0 Å². The molecule has 0 bridgehead atoms. The lowest BCUT2D eigenvalue weighted by atomic mass is 10.2. The number of carbonyl (C=O) groups excluding carboxylic acids is 1. The second-order valence-corrected chi connectivity index (χ2v) is 6.47. The molecular formula is C21H22ClN5O. The molecule has 0 radical (unpaired) electrons. The van der Waals surface area contributed by atoms with Gasteiger partial charge in [0.05, 0.1) is 23.1 Å². The predicted octanol–water partition coefficient (Wildman–Crippen LogP) is 4.97. The second-order valence-electron chi connectivity index (χ2n) is 6.07. The van der Waals surface area contributed by atoms with Gasteiger partial charge in [0.2, 0.25) is 0 Å². The standard InChI is InChI=1S/C21H22ClN5O/c1-3-27(4-2)16-11-9-15(10-12-16)25-21(28)19-13-24-20(14-23-19)26-18-8-6-5-7-17(18)22/h5-14H,3-4H2,1-2H3,(H,24,26)(H,25,28). The van der Waals surface area contributed by atoms with E-state index in [0.29, 0.717) is 16.5 Å². The third-order valence-corrected chi connectivity index (χ3v) is 4.60. The van der Waals surface area contributed by atoms with E-state index >= 15 is 0 Å². The van der Waals surface area contributed by atoms with Crippen molar-refractivity contribution in [3.63, 3.8) is 0 Å². The van der Waals surface area contributed by atoms with Crippen LogP contribution in [0.1, 0.15) is 24.3 Å². The molecule has 3 rings (SSSR count). The number of hydrogen-bond donors (Lipinski definition) is 2. The molecule has 0 saturated heterocycles. The highest BCUT2D eigenvalue weighted by Gasteiger charge is 2.10. The van der Waals surface area contributed by atoms with E-state index in [4.69, 9.17) is 11.6 Å². The van der Waals surface area contributed by atoms with Crippen molar-refractivity contribution in [1.82, 2.24) is 9.97 Å². The fourth-order valence-corrected chi connectivity index (χ4v) is 2.93. The number of hydrogen-bond acceptors (Lipinski definition) is 5. The highest BCUT2D eigenvalue weighted by Crippen LogP contribution is 2.23. The summed E-state index contributed by atoms with van der Waals surface area (Å²) < 4.78 is 0. The molecule has 7 heteroatoms. The van der Waals surface area contributed by atoms with Gasteiger partial charge in [-0.2, -0.15) is 0 Å². The molecule has 2 N–H and O–H groups in total. The lowest BCUT2D eigenvalue weighted by Crippen LogP contribution is -2.21. The predicted molar refractivity (Wildman–Crippen MR) is 115 cm³/mol. The summed E-state index contributed by atoms with van der Waals surface area (Å²) in [6.45, 7) is 6.10. The number of aromatic nitrogens is 2. The maximum absolute atomic E-state index is 12.4.